The number of aromatic amines is 1. The minimum Gasteiger partial charge on any atom is -1.00 e. The smallest absolute Gasteiger partial charge is 0.416 e. The van der Waals surface area contributed by atoms with Crippen LogP contribution in [0, 0.1) is 0 Å². The van der Waals surface area contributed by atoms with E-state index in [1.54, 1.807) is 66.6 Å². The van der Waals surface area contributed by atoms with E-state index in [9.17, 15) is 22.8 Å². The predicted octanol–water partition coefficient (Wildman–Crippen LogP) is 2.95. The highest BCUT2D eigenvalue weighted by Gasteiger charge is 2.31. The van der Waals surface area contributed by atoms with Gasteiger partial charge in [-0.15, -0.1) is 0 Å². The summed E-state index contributed by atoms with van der Waals surface area (Å²) in [5.74, 6) is 0.644. The molecule has 0 unspecified atom stereocenters. The lowest BCUT2D eigenvalue weighted by molar-refractivity contribution is -0.392. The maximum atomic E-state index is 13.9. The van der Waals surface area contributed by atoms with Gasteiger partial charge in [-0.1, -0.05) is 30.3 Å². The number of benzene rings is 3. The van der Waals surface area contributed by atoms with Crippen LogP contribution in [0.15, 0.2) is 102 Å². The average Bonchev–Trinajstić information content (AvgIpc) is 3.00. The molecule has 11 heteroatoms. The first-order valence-corrected chi connectivity index (χ1v) is 13.8. The van der Waals surface area contributed by atoms with Gasteiger partial charge < -0.3 is 22.0 Å². The third-order valence-corrected chi connectivity index (χ3v) is 7.12. The van der Waals surface area contributed by atoms with Crippen LogP contribution in [0.5, 0.6) is 5.75 Å². The first-order valence-electron chi connectivity index (χ1n) is 13.8. The molecular formula is C33H30ClF3N4O3. The van der Waals surface area contributed by atoms with Crippen LogP contribution in [0.3, 0.4) is 0 Å². The highest BCUT2D eigenvalue weighted by atomic mass is 35.5. The van der Waals surface area contributed by atoms with Crippen LogP contribution in [0.1, 0.15) is 42.5 Å². The lowest BCUT2D eigenvalue weighted by Gasteiger charge is -2.29. The van der Waals surface area contributed by atoms with Gasteiger partial charge in [-0.2, -0.15) is 13.2 Å². The molecule has 0 saturated heterocycles. The second-order valence-corrected chi connectivity index (χ2v) is 10.0. The fourth-order valence-electron chi connectivity index (χ4n) is 4.92. The summed E-state index contributed by atoms with van der Waals surface area (Å²) >= 11 is 0. The number of amides is 1. The van der Waals surface area contributed by atoms with Crippen molar-refractivity contribution in [3.8, 4) is 11.4 Å². The van der Waals surface area contributed by atoms with E-state index >= 15 is 0 Å². The van der Waals surface area contributed by atoms with Gasteiger partial charge in [-0.25, -0.2) is 9.97 Å². The first-order chi connectivity index (χ1) is 20.7. The molecule has 5 aromatic rings. The van der Waals surface area contributed by atoms with Crippen molar-refractivity contribution in [1.29, 1.82) is 0 Å². The molecule has 1 atom stereocenters. The lowest BCUT2D eigenvalue weighted by Crippen LogP contribution is -3.00. The molecule has 0 aliphatic carbocycles. The number of pyridine rings is 1. The second kappa shape index (κ2) is 13.7. The number of hydrogen-bond acceptors (Lipinski definition) is 4. The molecule has 3 aromatic carbocycles. The van der Waals surface area contributed by atoms with Gasteiger partial charge in [0, 0.05) is 12.1 Å². The Bertz CT molecular complexity index is 1780. The second-order valence-electron chi connectivity index (χ2n) is 10.0. The Morgan fingerprint density at radius 3 is 2.30 bits per heavy atom. The van der Waals surface area contributed by atoms with Crippen LogP contribution in [-0.2, 0) is 23.9 Å². The van der Waals surface area contributed by atoms with Crippen molar-refractivity contribution >= 4 is 16.8 Å². The van der Waals surface area contributed by atoms with E-state index in [1.807, 2.05) is 25.1 Å². The molecule has 5 rings (SSSR count). The Kier molecular flexibility index (Phi) is 10.1. The molecule has 0 aliphatic rings. The topological polar surface area (TPSA) is 78.6 Å². The van der Waals surface area contributed by atoms with Crippen LogP contribution in [0.4, 0.5) is 13.2 Å². The third kappa shape index (κ3) is 7.08. The molecule has 1 N–H and O–H groups in total. The number of carbonyl (C=O) groups is 1. The Morgan fingerprint density at radius 1 is 0.977 bits per heavy atom. The minimum absolute atomic E-state index is 0. The number of alkyl halides is 3. The summed E-state index contributed by atoms with van der Waals surface area (Å²) < 4.78 is 46.4. The summed E-state index contributed by atoms with van der Waals surface area (Å²) in [4.78, 5) is 37.4. The van der Waals surface area contributed by atoms with E-state index in [2.05, 4.69) is 4.98 Å². The maximum absolute atomic E-state index is 13.9. The summed E-state index contributed by atoms with van der Waals surface area (Å²) in [5, 5.41) is 0.423. The number of H-pyrrole nitrogens is 1. The molecule has 228 valence electrons. The van der Waals surface area contributed by atoms with E-state index in [4.69, 9.17) is 9.72 Å². The highest BCUT2D eigenvalue weighted by molar-refractivity contribution is 5.80. The van der Waals surface area contributed by atoms with Crippen molar-refractivity contribution in [2.24, 2.45) is 0 Å². The number of ether oxygens (including phenoxy) is 1. The van der Waals surface area contributed by atoms with Crippen molar-refractivity contribution in [3.63, 3.8) is 0 Å². The van der Waals surface area contributed by atoms with E-state index in [1.165, 1.54) is 16.7 Å². The van der Waals surface area contributed by atoms with Gasteiger partial charge in [-0.3, -0.25) is 14.2 Å². The summed E-state index contributed by atoms with van der Waals surface area (Å²) in [6.07, 6.45) is -2.88. The van der Waals surface area contributed by atoms with E-state index in [0.29, 0.717) is 40.3 Å². The van der Waals surface area contributed by atoms with Crippen molar-refractivity contribution in [1.82, 2.24) is 14.5 Å². The minimum atomic E-state index is -4.47. The SMILES string of the molecule is CCOc1ccc(-n2c([C@@H](C)N(Cc3cccc[nH+]3)C(=O)Cc3ccc(C(F)(F)F)cc3)nc3ccccc3c2=O)cc1.[Cl-]. The Morgan fingerprint density at radius 2 is 1.66 bits per heavy atom. The zero-order valence-corrected chi connectivity index (χ0v) is 24.8. The molecule has 1 amide bonds. The van der Waals surface area contributed by atoms with E-state index in [0.717, 1.165) is 17.8 Å². The number of fused-ring (bicyclic) bond motifs is 1. The third-order valence-electron chi connectivity index (χ3n) is 7.12. The summed E-state index contributed by atoms with van der Waals surface area (Å²) in [5.41, 5.74) is 1.12. The molecule has 2 aromatic heterocycles. The Balaban J connectivity index is 0.00000442. The number of para-hydroxylation sites is 1. The fourth-order valence-corrected chi connectivity index (χ4v) is 4.92. The summed E-state index contributed by atoms with van der Waals surface area (Å²) in [6, 6.07) is 23.4. The fraction of sp³-hybridized carbons (Fsp3) is 0.212. The van der Waals surface area contributed by atoms with Gasteiger partial charge in [0.15, 0.2) is 11.9 Å². The number of nitrogens with zero attached hydrogens (tertiary/aromatic N) is 3. The van der Waals surface area contributed by atoms with Gasteiger partial charge in [0.05, 0.1) is 41.2 Å². The van der Waals surface area contributed by atoms with Gasteiger partial charge in [0.2, 0.25) is 5.91 Å². The first kappa shape index (κ1) is 32.2. The predicted molar refractivity (Wildman–Crippen MR) is 156 cm³/mol. The normalized spacial score (nSPS) is 11.9. The van der Waals surface area contributed by atoms with Gasteiger partial charge in [0.1, 0.15) is 18.1 Å². The molecule has 0 radical (unpaired) electrons. The molecule has 0 fully saturated rings. The summed E-state index contributed by atoms with van der Waals surface area (Å²) in [7, 11) is 0. The van der Waals surface area contributed by atoms with Crippen LogP contribution < -0.4 is 27.7 Å². The van der Waals surface area contributed by atoms with Crippen LogP contribution in [-0.4, -0.2) is 27.0 Å². The zero-order valence-electron chi connectivity index (χ0n) is 24.0. The molecule has 2 heterocycles. The molecule has 44 heavy (non-hydrogen) atoms. The number of carbonyl (C=O) groups excluding carboxylic acids is 1. The van der Waals surface area contributed by atoms with Crippen molar-refractivity contribution in [3.05, 3.63) is 130 Å². The van der Waals surface area contributed by atoms with Crippen molar-refractivity contribution in [2.75, 3.05) is 6.61 Å². The van der Waals surface area contributed by atoms with Gasteiger partial charge in [-0.05, 0) is 67.9 Å². The molecule has 0 aliphatic heterocycles. The molecule has 0 bridgehead atoms. The number of nitrogens with one attached hydrogen (secondary N) is 1. The number of aromatic nitrogens is 3. The van der Waals surface area contributed by atoms with Crippen LogP contribution in [0.2, 0.25) is 0 Å². The average molecular weight is 623 g/mol. The number of halogens is 4. The van der Waals surface area contributed by atoms with E-state index in [-0.39, 0.29) is 36.8 Å². The Hall–Kier alpha value is -4.70. The van der Waals surface area contributed by atoms with Crippen LogP contribution >= 0.6 is 0 Å². The van der Waals surface area contributed by atoms with Crippen molar-refractivity contribution in [2.45, 2.75) is 39.0 Å². The van der Waals surface area contributed by atoms with Gasteiger partial charge >= 0.3 is 6.18 Å². The molecule has 0 spiro atoms. The lowest BCUT2D eigenvalue weighted by atomic mass is 10.1. The molecule has 0 saturated carbocycles. The molecule has 7 nitrogen and oxygen atoms in total. The number of rotatable bonds is 9. The number of hydrogen-bond donors (Lipinski definition) is 0. The Labute approximate surface area is 258 Å². The standard InChI is InChI=1S/C33H29F3N4O3.ClH/c1-3-43-27-17-15-26(16-18-27)40-31(38-29-10-5-4-9-28(29)32(40)42)22(2)39(21-25-8-6-7-19-37-25)30(41)20-23-11-13-24(14-12-23)33(34,35)36;/h4-19,22H,3,20-21H2,1-2H3;1H/t22-;/m1./s1. The molecular weight excluding hydrogens is 593 g/mol. The maximum Gasteiger partial charge on any atom is 0.416 e. The van der Waals surface area contributed by atoms with Gasteiger partial charge in [0.25, 0.3) is 5.56 Å². The monoisotopic (exact) mass is 622 g/mol. The van der Waals surface area contributed by atoms with Crippen LogP contribution in [0.25, 0.3) is 16.6 Å². The zero-order chi connectivity index (χ0) is 30.6. The van der Waals surface area contributed by atoms with E-state index < -0.39 is 17.8 Å². The largest absolute Gasteiger partial charge is 1.00 e. The highest BCUT2D eigenvalue weighted by Crippen LogP contribution is 2.30. The summed E-state index contributed by atoms with van der Waals surface area (Å²) in [6.45, 7) is 4.31. The van der Waals surface area contributed by atoms with Crippen molar-refractivity contribution < 1.29 is 40.1 Å². The quantitative estimate of drug-likeness (QED) is 0.253.